The van der Waals surface area contributed by atoms with Crippen molar-refractivity contribution in [1.82, 2.24) is 0 Å². The highest BCUT2D eigenvalue weighted by Gasteiger charge is 2.35. The van der Waals surface area contributed by atoms with Gasteiger partial charge in [0, 0.05) is 13.0 Å². The van der Waals surface area contributed by atoms with Crippen LogP contribution in [-0.2, 0) is 4.74 Å². The average molecular weight is 196 g/mol. The van der Waals surface area contributed by atoms with Crippen LogP contribution in [0.1, 0.15) is 39.0 Å². The Morgan fingerprint density at radius 2 is 2.14 bits per heavy atom. The summed E-state index contributed by atoms with van der Waals surface area (Å²) in [4.78, 5) is 0. The summed E-state index contributed by atoms with van der Waals surface area (Å²) in [6.45, 7) is 2.77. The molecule has 1 aliphatic carbocycles. The molecule has 0 aromatic carbocycles. The molecule has 1 heterocycles. The van der Waals surface area contributed by atoms with E-state index >= 15 is 0 Å². The molecule has 0 spiro atoms. The Bertz CT molecular complexity index is 216. The summed E-state index contributed by atoms with van der Waals surface area (Å²) in [6, 6.07) is 0. The summed E-state index contributed by atoms with van der Waals surface area (Å²) in [5, 5.41) is 10.4. The van der Waals surface area contributed by atoms with Gasteiger partial charge in [-0.2, -0.15) is 0 Å². The molecule has 0 radical (unpaired) electrons. The molecule has 2 heteroatoms. The van der Waals surface area contributed by atoms with E-state index in [1.165, 1.54) is 0 Å². The Kier molecular flexibility index (Phi) is 2.93. The molecule has 0 aromatic heterocycles. The molecule has 2 rings (SSSR count). The number of rotatable bonds is 2. The maximum Gasteiger partial charge on any atom is 0.0697 e. The van der Waals surface area contributed by atoms with Gasteiger partial charge in [0.2, 0.25) is 0 Å². The van der Waals surface area contributed by atoms with Crippen molar-refractivity contribution in [2.75, 3.05) is 6.61 Å². The number of hydrogen-bond donors (Lipinski definition) is 1. The number of allylic oxidation sites excluding steroid dienone is 2. The molecular weight excluding hydrogens is 176 g/mol. The Hall–Kier alpha value is -0.340. The predicted octanol–water partition coefficient (Wildman–Crippen LogP) is 2.27. The predicted molar refractivity (Wildman–Crippen MR) is 56.1 cm³/mol. The zero-order valence-corrected chi connectivity index (χ0v) is 8.91. The van der Waals surface area contributed by atoms with E-state index in [1.807, 2.05) is 0 Å². The van der Waals surface area contributed by atoms with Gasteiger partial charge in [-0.15, -0.1) is 0 Å². The van der Waals surface area contributed by atoms with E-state index in [2.05, 4.69) is 19.1 Å². The van der Waals surface area contributed by atoms with Crippen LogP contribution in [-0.4, -0.2) is 23.4 Å². The van der Waals surface area contributed by atoms with E-state index in [1.54, 1.807) is 0 Å². The van der Waals surface area contributed by atoms with Gasteiger partial charge >= 0.3 is 0 Å². The van der Waals surface area contributed by atoms with Gasteiger partial charge in [-0.3, -0.25) is 0 Å². The van der Waals surface area contributed by atoms with Crippen molar-refractivity contribution in [2.45, 2.75) is 50.7 Å². The van der Waals surface area contributed by atoms with Gasteiger partial charge in [-0.1, -0.05) is 12.2 Å². The lowest BCUT2D eigenvalue weighted by Crippen LogP contribution is -2.41. The van der Waals surface area contributed by atoms with Crippen molar-refractivity contribution in [3.63, 3.8) is 0 Å². The van der Waals surface area contributed by atoms with Crippen LogP contribution in [0.3, 0.4) is 0 Å². The first-order valence-corrected chi connectivity index (χ1v) is 5.67. The van der Waals surface area contributed by atoms with Crippen molar-refractivity contribution in [2.24, 2.45) is 5.92 Å². The molecule has 14 heavy (non-hydrogen) atoms. The highest BCUT2D eigenvalue weighted by atomic mass is 16.5. The van der Waals surface area contributed by atoms with Gasteiger partial charge < -0.3 is 9.84 Å². The SMILES string of the molecule is CC1CC(O)(CC2CC=CC2)CCO1. The third-order valence-corrected chi connectivity index (χ3v) is 3.41. The summed E-state index contributed by atoms with van der Waals surface area (Å²) < 4.78 is 5.46. The topological polar surface area (TPSA) is 29.5 Å². The lowest BCUT2D eigenvalue weighted by atomic mass is 9.81. The fourth-order valence-electron chi connectivity index (χ4n) is 2.71. The van der Waals surface area contributed by atoms with Crippen LogP contribution in [0.4, 0.5) is 0 Å². The maximum atomic E-state index is 10.4. The van der Waals surface area contributed by atoms with Gasteiger partial charge in [-0.05, 0) is 38.5 Å². The lowest BCUT2D eigenvalue weighted by molar-refractivity contribution is -0.106. The lowest BCUT2D eigenvalue weighted by Gasteiger charge is -2.37. The minimum atomic E-state index is -0.450. The minimum Gasteiger partial charge on any atom is -0.390 e. The Balaban J connectivity index is 1.87. The molecular formula is C12H20O2. The summed E-state index contributed by atoms with van der Waals surface area (Å²) in [5.41, 5.74) is -0.450. The van der Waals surface area contributed by atoms with Crippen LogP contribution in [0, 0.1) is 5.92 Å². The molecule has 0 saturated carbocycles. The molecule has 0 aromatic rings. The normalized spacial score (nSPS) is 39.1. The Labute approximate surface area is 86.0 Å². The Morgan fingerprint density at radius 1 is 1.43 bits per heavy atom. The molecule has 2 aliphatic rings. The van der Waals surface area contributed by atoms with Crippen LogP contribution in [0.25, 0.3) is 0 Å². The van der Waals surface area contributed by atoms with E-state index in [-0.39, 0.29) is 6.10 Å². The fraction of sp³-hybridized carbons (Fsp3) is 0.833. The molecule has 1 saturated heterocycles. The molecule has 1 aliphatic heterocycles. The van der Waals surface area contributed by atoms with Crippen LogP contribution >= 0.6 is 0 Å². The summed E-state index contributed by atoms with van der Waals surface area (Å²) in [7, 11) is 0. The molecule has 80 valence electrons. The minimum absolute atomic E-state index is 0.225. The highest BCUT2D eigenvalue weighted by molar-refractivity contribution is 4.97. The number of aliphatic hydroxyl groups is 1. The molecule has 0 amide bonds. The fourth-order valence-corrected chi connectivity index (χ4v) is 2.71. The first-order valence-electron chi connectivity index (χ1n) is 5.67. The van der Waals surface area contributed by atoms with Gasteiger partial charge in [0.15, 0.2) is 0 Å². The van der Waals surface area contributed by atoms with E-state index in [4.69, 9.17) is 4.74 Å². The quantitative estimate of drug-likeness (QED) is 0.686. The molecule has 2 atom stereocenters. The van der Waals surface area contributed by atoms with E-state index in [0.29, 0.717) is 5.92 Å². The smallest absolute Gasteiger partial charge is 0.0697 e. The van der Waals surface area contributed by atoms with Crippen LogP contribution < -0.4 is 0 Å². The molecule has 2 nitrogen and oxygen atoms in total. The third-order valence-electron chi connectivity index (χ3n) is 3.41. The largest absolute Gasteiger partial charge is 0.390 e. The van der Waals surface area contributed by atoms with Crippen LogP contribution in [0.15, 0.2) is 12.2 Å². The van der Waals surface area contributed by atoms with Crippen molar-refractivity contribution in [1.29, 1.82) is 0 Å². The molecule has 2 unspecified atom stereocenters. The zero-order valence-electron chi connectivity index (χ0n) is 8.91. The zero-order chi connectivity index (χ0) is 10.0. The molecule has 1 fully saturated rings. The summed E-state index contributed by atoms with van der Waals surface area (Å²) >= 11 is 0. The van der Waals surface area contributed by atoms with Crippen molar-refractivity contribution in [3.05, 3.63) is 12.2 Å². The van der Waals surface area contributed by atoms with Gasteiger partial charge in [-0.25, -0.2) is 0 Å². The van der Waals surface area contributed by atoms with E-state index in [9.17, 15) is 5.11 Å². The summed E-state index contributed by atoms with van der Waals surface area (Å²) in [5.74, 6) is 0.672. The molecule has 0 bridgehead atoms. The first kappa shape index (κ1) is 10.2. The second-order valence-corrected chi connectivity index (χ2v) is 4.87. The van der Waals surface area contributed by atoms with Gasteiger partial charge in [0.25, 0.3) is 0 Å². The second-order valence-electron chi connectivity index (χ2n) is 4.87. The third kappa shape index (κ3) is 2.37. The maximum absolute atomic E-state index is 10.4. The van der Waals surface area contributed by atoms with Crippen molar-refractivity contribution >= 4 is 0 Å². The van der Waals surface area contributed by atoms with Crippen LogP contribution in [0.2, 0.25) is 0 Å². The molecule has 1 N–H and O–H groups in total. The monoisotopic (exact) mass is 196 g/mol. The second kappa shape index (κ2) is 4.03. The van der Waals surface area contributed by atoms with Gasteiger partial charge in [0.05, 0.1) is 11.7 Å². The van der Waals surface area contributed by atoms with Gasteiger partial charge in [0.1, 0.15) is 0 Å². The first-order chi connectivity index (χ1) is 6.68. The highest BCUT2D eigenvalue weighted by Crippen LogP contribution is 2.34. The number of ether oxygens (including phenoxy) is 1. The van der Waals surface area contributed by atoms with E-state index < -0.39 is 5.60 Å². The summed E-state index contributed by atoms with van der Waals surface area (Å²) in [6.07, 6.45) is 9.57. The van der Waals surface area contributed by atoms with Crippen molar-refractivity contribution < 1.29 is 9.84 Å². The average Bonchev–Trinajstić information content (AvgIpc) is 2.55. The standard InChI is InChI=1S/C12H20O2/c1-10-8-12(13,6-7-14-10)9-11-4-2-3-5-11/h2-3,10-11,13H,4-9H2,1H3. The van der Waals surface area contributed by atoms with Crippen molar-refractivity contribution in [3.8, 4) is 0 Å². The van der Waals surface area contributed by atoms with E-state index in [0.717, 1.165) is 38.7 Å². The van der Waals surface area contributed by atoms with Crippen LogP contribution in [0.5, 0.6) is 0 Å². The number of hydrogen-bond acceptors (Lipinski definition) is 2. The Morgan fingerprint density at radius 3 is 2.79 bits per heavy atom.